The summed E-state index contributed by atoms with van der Waals surface area (Å²) in [7, 11) is 0. The van der Waals surface area contributed by atoms with Crippen LogP contribution in [0.5, 0.6) is 5.88 Å². The van der Waals surface area contributed by atoms with Gasteiger partial charge in [-0.2, -0.15) is 0 Å². The maximum absolute atomic E-state index is 12.3. The highest BCUT2D eigenvalue weighted by atomic mass is 35.5. The van der Waals surface area contributed by atoms with Crippen LogP contribution < -0.4 is 4.74 Å². The molecule has 0 bridgehead atoms. The molecule has 0 aliphatic rings. The summed E-state index contributed by atoms with van der Waals surface area (Å²) in [5.74, 6) is -0.903. The van der Waals surface area contributed by atoms with Gasteiger partial charge in [0.15, 0.2) is 0 Å². The zero-order valence-corrected chi connectivity index (χ0v) is 16.7. The number of rotatable bonds is 5. The van der Waals surface area contributed by atoms with E-state index in [9.17, 15) is 14.9 Å². The SMILES string of the molecule is O=C(Oc1ccc(-c2ccc(-c3ccccc3)cc2)nn1)c1cc([N+](=O)[O-])ccc1Cl. The van der Waals surface area contributed by atoms with Crippen molar-refractivity contribution in [3.8, 4) is 28.3 Å². The van der Waals surface area contributed by atoms with Crippen LogP contribution in [0.25, 0.3) is 22.4 Å². The molecule has 0 atom stereocenters. The number of ether oxygens (including phenoxy) is 1. The minimum atomic E-state index is -0.858. The first kappa shape index (κ1) is 20.2. The molecular weight excluding hydrogens is 418 g/mol. The predicted octanol–water partition coefficient (Wildman–Crippen LogP) is 5.59. The molecule has 0 aliphatic heterocycles. The van der Waals surface area contributed by atoms with Crippen molar-refractivity contribution < 1.29 is 14.5 Å². The monoisotopic (exact) mass is 431 g/mol. The van der Waals surface area contributed by atoms with Crippen LogP contribution in [0.2, 0.25) is 5.02 Å². The summed E-state index contributed by atoms with van der Waals surface area (Å²) in [6.07, 6.45) is 0. The van der Waals surface area contributed by atoms with Gasteiger partial charge in [0.25, 0.3) is 5.69 Å². The zero-order chi connectivity index (χ0) is 21.8. The standard InChI is InChI=1S/C23H14ClN3O4/c24-20-11-10-18(27(29)30)14-19(20)23(28)31-22-13-12-21(25-26-22)17-8-6-16(7-9-17)15-4-2-1-3-5-15/h1-14H. The number of nitro benzene ring substituents is 1. The molecular formula is C23H14ClN3O4. The van der Waals surface area contributed by atoms with Crippen molar-refractivity contribution in [2.24, 2.45) is 0 Å². The Morgan fingerprint density at radius 2 is 1.52 bits per heavy atom. The van der Waals surface area contributed by atoms with E-state index in [1.54, 1.807) is 6.07 Å². The van der Waals surface area contributed by atoms with Crippen molar-refractivity contribution in [1.29, 1.82) is 0 Å². The van der Waals surface area contributed by atoms with E-state index in [1.807, 2.05) is 54.6 Å². The quantitative estimate of drug-likeness (QED) is 0.232. The second-order valence-electron chi connectivity index (χ2n) is 6.51. The van der Waals surface area contributed by atoms with Crippen molar-refractivity contribution in [2.45, 2.75) is 0 Å². The molecule has 0 aliphatic carbocycles. The Balaban J connectivity index is 1.49. The molecule has 1 heterocycles. The highest BCUT2D eigenvalue weighted by Crippen LogP contribution is 2.25. The number of non-ortho nitro benzene ring substituents is 1. The fourth-order valence-corrected chi connectivity index (χ4v) is 3.12. The number of benzene rings is 3. The molecule has 8 heteroatoms. The van der Waals surface area contributed by atoms with Gasteiger partial charge in [0.1, 0.15) is 0 Å². The van der Waals surface area contributed by atoms with Crippen LogP contribution in [0.1, 0.15) is 10.4 Å². The van der Waals surface area contributed by atoms with E-state index in [0.29, 0.717) is 5.69 Å². The first-order chi connectivity index (χ1) is 15.0. The van der Waals surface area contributed by atoms with Crippen molar-refractivity contribution in [1.82, 2.24) is 10.2 Å². The minimum Gasteiger partial charge on any atom is -0.402 e. The number of nitrogens with zero attached hydrogens (tertiary/aromatic N) is 3. The Bertz CT molecular complexity index is 1240. The van der Waals surface area contributed by atoms with Gasteiger partial charge < -0.3 is 4.74 Å². The van der Waals surface area contributed by atoms with Gasteiger partial charge in [0.2, 0.25) is 5.88 Å². The molecule has 0 saturated carbocycles. The van der Waals surface area contributed by atoms with Crippen molar-refractivity contribution in [2.75, 3.05) is 0 Å². The van der Waals surface area contributed by atoms with Crippen LogP contribution in [0.3, 0.4) is 0 Å². The van der Waals surface area contributed by atoms with Gasteiger partial charge in [-0.05, 0) is 23.3 Å². The summed E-state index contributed by atoms with van der Waals surface area (Å²) in [4.78, 5) is 22.6. The van der Waals surface area contributed by atoms with Gasteiger partial charge in [-0.1, -0.05) is 66.2 Å². The van der Waals surface area contributed by atoms with Gasteiger partial charge in [-0.25, -0.2) is 4.79 Å². The third-order valence-electron chi connectivity index (χ3n) is 4.51. The van der Waals surface area contributed by atoms with Gasteiger partial charge in [-0.15, -0.1) is 10.2 Å². The molecule has 3 aromatic carbocycles. The van der Waals surface area contributed by atoms with Crippen LogP contribution in [0, 0.1) is 10.1 Å². The molecule has 0 N–H and O–H groups in total. The lowest BCUT2D eigenvalue weighted by Gasteiger charge is -2.06. The average molecular weight is 432 g/mol. The Morgan fingerprint density at radius 3 is 2.16 bits per heavy atom. The lowest BCUT2D eigenvalue weighted by molar-refractivity contribution is -0.384. The summed E-state index contributed by atoms with van der Waals surface area (Å²) in [6.45, 7) is 0. The predicted molar refractivity (Wildman–Crippen MR) is 116 cm³/mol. The number of halogens is 1. The number of carbonyl (C=O) groups is 1. The fourth-order valence-electron chi connectivity index (χ4n) is 2.93. The van der Waals surface area contributed by atoms with Crippen LogP contribution in [-0.2, 0) is 0 Å². The highest BCUT2D eigenvalue weighted by Gasteiger charge is 2.18. The molecule has 0 spiro atoms. The smallest absolute Gasteiger partial charge is 0.346 e. The molecule has 4 rings (SSSR count). The Labute approximate surface area is 182 Å². The summed E-state index contributed by atoms with van der Waals surface area (Å²) < 4.78 is 5.16. The number of hydrogen-bond donors (Lipinski definition) is 0. The van der Waals surface area contributed by atoms with E-state index in [1.165, 1.54) is 18.2 Å². The van der Waals surface area contributed by atoms with Crippen molar-refractivity contribution in [3.05, 3.63) is 106 Å². The van der Waals surface area contributed by atoms with E-state index in [4.69, 9.17) is 16.3 Å². The number of esters is 1. The van der Waals surface area contributed by atoms with E-state index < -0.39 is 10.9 Å². The lowest BCUT2D eigenvalue weighted by Crippen LogP contribution is -2.11. The molecule has 31 heavy (non-hydrogen) atoms. The van der Waals surface area contributed by atoms with Crippen molar-refractivity contribution >= 4 is 23.3 Å². The average Bonchev–Trinajstić information content (AvgIpc) is 2.80. The number of aromatic nitrogens is 2. The molecule has 0 amide bonds. The lowest BCUT2D eigenvalue weighted by atomic mass is 10.0. The summed E-state index contributed by atoms with van der Waals surface area (Å²) in [5.41, 5.74) is 3.26. The van der Waals surface area contributed by atoms with E-state index in [0.717, 1.165) is 22.8 Å². The maximum Gasteiger partial charge on any atom is 0.346 e. The Morgan fingerprint density at radius 1 is 0.839 bits per heavy atom. The van der Waals surface area contributed by atoms with Crippen LogP contribution >= 0.6 is 11.6 Å². The molecule has 1 aromatic heterocycles. The number of hydrogen-bond acceptors (Lipinski definition) is 6. The van der Waals surface area contributed by atoms with Crippen LogP contribution in [0.15, 0.2) is 84.9 Å². The highest BCUT2D eigenvalue weighted by molar-refractivity contribution is 6.33. The number of carbonyl (C=O) groups excluding carboxylic acids is 1. The third kappa shape index (κ3) is 4.57. The second kappa shape index (κ2) is 8.73. The van der Waals surface area contributed by atoms with E-state index in [-0.39, 0.29) is 22.2 Å². The van der Waals surface area contributed by atoms with Gasteiger partial charge in [-0.3, -0.25) is 10.1 Å². The normalized spacial score (nSPS) is 10.5. The molecule has 0 fully saturated rings. The maximum atomic E-state index is 12.3. The first-order valence-electron chi connectivity index (χ1n) is 9.17. The molecule has 7 nitrogen and oxygen atoms in total. The van der Waals surface area contributed by atoms with Gasteiger partial charge >= 0.3 is 5.97 Å². The third-order valence-corrected chi connectivity index (χ3v) is 4.84. The topological polar surface area (TPSA) is 95.2 Å². The molecule has 152 valence electrons. The Hall–Kier alpha value is -4.10. The summed E-state index contributed by atoms with van der Waals surface area (Å²) in [6, 6.07) is 24.5. The molecule has 0 radical (unpaired) electrons. The molecule has 4 aromatic rings. The zero-order valence-electron chi connectivity index (χ0n) is 15.9. The number of nitro groups is 1. The van der Waals surface area contributed by atoms with Crippen LogP contribution in [0.4, 0.5) is 5.69 Å². The molecule has 0 unspecified atom stereocenters. The largest absolute Gasteiger partial charge is 0.402 e. The summed E-state index contributed by atoms with van der Waals surface area (Å²) in [5, 5.41) is 19.0. The van der Waals surface area contributed by atoms with Crippen molar-refractivity contribution in [3.63, 3.8) is 0 Å². The first-order valence-corrected chi connectivity index (χ1v) is 9.55. The van der Waals surface area contributed by atoms with Gasteiger partial charge in [0, 0.05) is 23.8 Å². The second-order valence-corrected chi connectivity index (χ2v) is 6.92. The fraction of sp³-hybridized carbons (Fsp3) is 0. The van der Waals surface area contributed by atoms with Crippen LogP contribution in [-0.4, -0.2) is 21.1 Å². The van der Waals surface area contributed by atoms with E-state index >= 15 is 0 Å². The summed E-state index contributed by atoms with van der Waals surface area (Å²) >= 11 is 5.96. The molecule has 0 saturated heterocycles. The van der Waals surface area contributed by atoms with E-state index in [2.05, 4.69) is 10.2 Å². The van der Waals surface area contributed by atoms with Gasteiger partial charge in [0.05, 0.1) is 21.2 Å². The Kier molecular flexibility index (Phi) is 5.68. The minimum absolute atomic E-state index is 0.0404.